The Morgan fingerprint density at radius 2 is 2.19 bits per heavy atom. The summed E-state index contributed by atoms with van der Waals surface area (Å²) in [6.45, 7) is 0.912. The van der Waals surface area contributed by atoms with E-state index in [1.54, 1.807) is 0 Å². The fourth-order valence-electron chi connectivity index (χ4n) is 5.40. The Morgan fingerprint density at radius 1 is 1.31 bits per heavy atom. The molecule has 0 radical (unpaired) electrons. The number of rotatable bonds is 2. The molecule has 0 aromatic rings. The van der Waals surface area contributed by atoms with Crippen LogP contribution in [0.2, 0.25) is 0 Å². The van der Waals surface area contributed by atoms with Crippen LogP contribution in [0.4, 0.5) is 0 Å². The van der Waals surface area contributed by atoms with Crippen LogP contribution in [0.5, 0.6) is 0 Å². The SMILES string of the molecule is CN[C@@H]1[C@@H]2CC[C@@H](C2)[C@]12CCC[C@H](CN)C2. The minimum atomic E-state index is 0.639. The van der Waals surface area contributed by atoms with Crippen LogP contribution in [0.1, 0.15) is 44.9 Å². The van der Waals surface area contributed by atoms with E-state index in [2.05, 4.69) is 12.4 Å². The summed E-state index contributed by atoms with van der Waals surface area (Å²) in [5.41, 5.74) is 6.56. The molecule has 0 unspecified atom stereocenters. The largest absolute Gasteiger partial charge is 0.330 e. The number of fused-ring (bicyclic) bond motifs is 3. The quantitative estimate of drug-likeness (QED) is 0.751. The maximum Gasteiger partial charge on any atom is 0.0152 e. The maximum atomic E-state index is 5.92. The summed E-state index contributed by atoms with van der Waals surface area (Å²) in [5.74, 6) is 2.81. The molecular formula is C14H26N2. The minimum absolute atomic E-state index is 0.639. The zero-order valence-corrected chi connectivity index (χ0v) is 10.5. The highest BCUT2D eigenvalue weighted by atomic mass is 14.9. The Kier molecular flexibility index (Phi) is 2.75. The molecule has 0 aliphatic heterocycles. The molecule has 3 fully saturated rings. The van der Waals surface area contributed by atoms with Crippen molar-refractivity contribution in [3.05, 3.63) is 0 Å². The van der Waals surface area contributed by atoms with Crippen molar-refractivity contribution >= 4 is 0 Å². The first-order valence-corrected chi connectivity index (χ1v) is 7.17. The molecule has 3 saturated carbocycles. The van der Waals surface area contributed by atoms with E-state index in [1.165, 1.54) is 44.9 Å². The molecule has 0 aromatic heterocycles. The Morgan fingerprint density at radius 3 is 2.94 bits per heavy atom. The lowest BCUT2D eigenvalue weighted by molar-refractivity contribution is 0.0380. The van der Waals surface area contributed by atoms with Gasteiger partial charge in [-0.1, -0.05) is 6.42 Å². The van der Waals surface area contributed by atoms with Crippen molar-refractivity contribution < 1.29 is 0 Å². The highest BCUT2D eigenvalue weighted by Crippen LogP contribution is 2.62. The van der Waals surface area contributed by atoms with E-state index in [1.807, 2.05) is 0 Å². The molecular weight excluding hydrogens is 196 g/mol. The molecule has 2 bridgehead atoms. The number of nitrogens with one attached hydrogen (secondary N) is 1. The van der Waals surface area contributed by atoms with E-state index >= 15 is 0 Å². The summed E-state index contributed by atoms with van der Waals surface area (Å²) in [6.07, 6.45) is 10.2. The van der Waals surface area contributed by atoms with E-state index in [0.717, 1.165) is 30.3 Å². The Hall–Kier alpha value is -0.0800. The molecule has 3 rings (SSSR count). The molecule has 3 aliphatic carbocycles. The van der Waals surface area contributed by atoms with E-state index in [-0.39, 0.29) is 0 Å². The average molecular weight is 222 g/mol. The van der Waals surface area contributed by atoms with Gasteiger partial charge < -0.3 is 11.1 Å². The molecule has 3 aliphatic rings. The van der Waals surface area contributed by atoms with Crippen LogP contribution in [0.25, 0.3) is 0 Å². The summed E-state index contributed by atoms with van der Waals surface area (Å²) in [6, 6.07) is 0.806. The van der Waals surface area contributed by atoms with Crippen LogP contribution in [-0.2, 0) is 0 Å². The molecule has 0 amide bonds. The van der Waals surface area contributed by atoms with Gasteiger partial charge in [0.05, 0.1) is 0 Å². The van der Waals surface area contributed by atoms with Gasteiger partial charge >= 0.3 is 0 Å². The molecule has 1 spiro atoms. The van der Waals surface area contributed by atoms with Gasteiger partial charge in [0.1, 0.15) is 0 Å². The van der Waals surface area contributed by atoms with E-state index in [4.69, 9.17) is 5.73 Å². The van der Waals surface area contributed by atoms with Gasteiger partial charge in [0, 0.05) is 6.04 Å². The van der Waals surface area contributed by atoms with Gasteiger partial charge in [-0.15, -0.1) is 0 Å². The highest BCUT2D eigenvalue weighted by molar-refractivity contribution is 5.10. The standard InChI is InChI=1S/C14H26N2/c1-16-13-11-4-5-12(7-11)14(13)6-2-3-10(8-14)9-15/h10-13,16H,2-9,15H2,1H3/t10-,11+,12-,13+,14+/m0/s1. The van der Waals surface area contributed by atoms with Crippen LogP contribution in [0.15, 0.2) is 0 Å². The van der Waals surface area contributed by atoms with Crippen molar-refractivity contribution in [2.45, 2.75) is 51.0 Å². The zero-order valence-electron chi connectivity index (χ0n) is 10.5. The monoisotopic (exact) mass is 222 g/mol. The van der Waals surface area contributed by atoms with Crippen molar-refractivity contribution in [1.29, 1.82) is 0 Å². The van der Waals surface area contributed by atoms with Crippen LogP contribution >= 0.6 is 0 Å². The van der Waals surface area contributed by atoms with Crippen molar-refractivity contribution in [1.82, 2.24) is 5.32 Å². The van der Waals surface area contributed by atoms with Crippen LogP contribution in [0, 0.1) is 23.2 Å². The van der Waals surface area contributed by atoms with E-state index in [9.17, 15) is 0 Å². The molecule has 16 heavy (non-hydrogen) atoms. The van der Waals surface area contributed by atoms with Crippen molar-refractivity contribution in [3.8, 4) is 0 Å². The lowest BCUT2D eigenvalue weighted by Gasteiger charge is -2.49. The molecule has 5 atom stereocenters. The third-order valence-electron chi connectivity index (χ3n) is 5.94. The van der Waals surface area contributed by atoms with Gasteiger partial charge in [0.2, 0.25) is 0 Å². The van der Waals surface area contributed by atoms with Gasteiger partial charge in [-0.3, -0.25) is 0 Å². The third-order valence-corrected chi connectivity index (χ3v) is 5.94. The fraction of sp³-hybridized carbons (Fsp3) is 1.00. The Labute approximate surface area is 99.4 Å². The second-order valence-corrected chi connectivity index (χ2v) is 6.47. The van der Waals surface area contributed by atoms with E-state index < -0.39 is 0 Å². The first-order valence-electron chi connectivity index (χ1n) is 7.17. The fourth-order valence-corrected chi connectivity index (χ4v) is 5.40. The Bertz CT molecular complexity index is 265. The van der Waals surface area contributed by atoms with Crippen LogP contribution in [0.3, 0.4) is 0 Å². The predicted molar refractivity (Wildman–Crippen MR) is 67.1 cm³/mol. The summed E-state index contributed by atoms with van der Waals surface area (Å²) in [5, 5.41) is 3.66. The molecule has 0 heterocycles. The summed E-state index contributed by atoms with van der Waals surface area (Å²) < 4.78 is 0. The second kappa shape index (κ2) is 3.99. The number of hydrogen-bond donors (Lipinski definition) is 2. The predicted octanol–water partition coefficient (Wildman–Crippen LogP) is 2.14. The highest BCUT2D eigenvalue weighted by Gasteiger charge is 2.58. The Balaban J connectivity index is 1.84. The molecule has 0 aromatic carbocycles. The van der Waals surface area contributed by atoms with Crippen LogP contribution < -0.4 is 11.1 Å². The molecule has 2 nitrogen and oxygen atoms in total. The molecule has 3 N–H and O–H groups in total. The third kappa shape index (κ3) is 1.39. The normalized spacial score (nSPS) is 51.4. The molecule has 92 valence electrons. The minimum Gasteiger partial charge on any atom is -0.330 e. The smallest absolute Gasteiger partial charge is 0.0152 e. The van der Waals surface area contributed by atoms with Gasteiger partial charge in [0.25, 0.3) is 0 Å². The zero-order chi connectivity index (χ0) is 11.2. The summed E-state index contributed by atoms with van der Waals surface area (Å²) >= 11 is 0. The lowest BCUT2D eigenvalue weighted by Crippen LogP contribution is -2.51. The van der Waals surface area contributed by atoms with Gasteiger partial charge in [-0.05, 0) is 75.3 Å². The first-order chi connectivity index (χ1) is 7.80. The van der Waals surface area contributed by atoms with Gasteiger partial charge in [-0.2, -0.15) is 0 Å². The first kappa shape index (κ1) is 11.0. The van der Waals surface area contributed by atoms with E-state index in [0.29, 0.717) is 5.41 Å². The topological polar surface area (TPSA) is 38.0 Å². The number of nitrogens with two attached hydrogens (primary N) is 1. The molecule has 0 saturated heterocycles. The summed E-state index contributed by atoms with van der Waals surface area (Å²) in [4.78, 5) is 0. The van der Waals surface area contributed by atoms with Crippen LogP contribution in [-0.4, -0.2) is 19.6 Å². The molecule has 2 heteroatoms. The number of hydrogen-bond acceptors (Lipinski definition) is 2. The van der Waals surface area contributed by atoms with Crippen molar-refractivity contribution in [2.75, 3.05) is 13.6 Å². The average Bonchev–Trinajstić information content (AvgIpc) is 2.88. The maximum absolute atomic E-state index is 5.92. The summed E-state index contributed by atoms with van der Waals surface area (Å²) in [7, 11) is 2.18. The van der Waals surface area contributed by atoms with Gasteiger partial charge in [-0.25, -0.2) is 0 Å². The lowest BCUT2D eigenvalue weighted by atomic mass is 9.59. The van der Waals surface area contributed by atoms with Gasteiger partial charge in [0.15, 0.2) is 0 Å². The van der Waals surface area contributed by atoms with Crippen molar-refractivity contribution in [3.63, 3.8) is 0 Å². The van der Waals surface area contributed by atoms with Crippen molar-refractivity contribution in [2.24, 2.45) is 28.9 Å². The second-order valence-electron chi connectivity index (χ2n) is 6.47.